The zero-order valence-corrected chi connectivity index (χ0v) is 8.30. The number of aromatic nitrogens is 2. The van der Waals surface area contributed by atoms with E-state index in [2.05, 4.69) is 4.98 Å². The van der Waals surface area contributed by atoms with Crippen LogP contribution in [-0.4, -0.2) is 20.5 Å². The lowest BCUT2D eigenvalue weighted by Crippen LogP contribution is -2.16. The number of carboxylic acid groups (broad SMARTS) is 1. The maximum absolute atomic E-state index is 13.3. The van der Waals surface area contributed by atoms with Gasteiger partial charge in [-0.15, -0.1) is 0 Å². The molecule has 0 aliphatic carbocycles. The molecule has 0 amide bonds. The van der Waals surface area contributed by atoms with E-state index in [1.54, 1.807) is 6.20 Å². The summed E-state index contributed by atoms with van der Waals surface area (Å²) >= 11 is 0. The molecule has 3 N–H and O–H groups in total. The van der Waals surface area contributed by atoms with E-state index < -0.39 is 17.8 Å². The molecule has 0 aromatic carbocycles. The molecule has 0 fully saturated rings. The maximum Gasteiger partial charge on any atom is 0.305 e. The van der Waals surface area contributed by atoms with Crippen molar-refractivity contribution in [3.8, 4) is 0 Å². The third-order valence-electron chi connectivity index (χ3n) is 2.29. The molecule has 2 aromatic heterocycles. The number of pyridine rings is 1. The van der Waals surface area contributed by atoms with E-state index in [1.165, 1.54) is 22.7 Å². The number of hydrogen-bond acceptors (Lipinski definition) is 3. The summed E-state index contributed by atoms with van der Waals surface area (Å²) in [6.07, 6.45) is 2.78. The van der Waals surface area contributed by atoms with Gasteiger partial charge in [-0.05, 0) is 12.1 Å². The summed E-state index contributed by atoms with van der Waals surface area (Å²) in [5.74, 6) is -1.46. The van der Waals surface area contributed by atoms with Crippen LogP contribution in [0.2, 0.25) is 0 Å². The van der Waals surface area contributed by atoms with Crippen LogP contribution in [0.5, 0.6) is 0 Å². The Morgan fingerprint density at radius 2 is 2.44 bits per heavy atom. The Balaban J connectivity index is 2.46. The maximum atomic E-state index is 13.3. The summed E-state index contributed by atoms with van der Waals surface area (Å²) in [6, 6.07) is 2.10. The van der Waals surface area contributed by atoms with Crippen molar-refractivity contribution < 1.29 is 14.3 Å². The van der Waals surface area contributed by atoms with E-state index in [0.29, 0.717) is 5.69 Å². The molecule has 6 heteroatoms. The van der Waals surface area contributed by atoms with Crippen molar-refractivity contribution in [3.05, 3.63) is 36.0 Å². The van der Waals surface area contributed by atoms with E-state index in [4.69, 9.17) is 10.8 Å². The molecule has 2 rings (SSSR count). The molecular weight excluding hydrogens is 213 g/mol. The number of imidazole rings is 1. The zero-order valence-electron chi connectivity index (χ0n) is 8.30. The Morgan fingerprint density at radius 3 is 3.12 bits per heavy atom. The highest BCUT2D eigenvalue weighted by atomic mass is 19.1. The second-order valence-corrected chi connectivity index (χ2v) is 3.44. The summed E-state index contributed by atoms with van der Waals surface area (Å²) in [5, 5.41) is 8.63. The van der Waals surface area contributed by atoms with Crippen LogP contribution in [0.25, 0.3) is 5.65 Å². The van der Waals surface area contributed by atoms with E-state index in [-0.39, 0.29) is 12.1 Å². The smallest absolute Gasteiger partial charge is 0.305 e. The molecule has 5 nitrogen and oxygen atoms in total. The van der Waals surface area contributed by atoms with Gasteiger partial charge in [0.1, 0.15) is 0 Å². The fraction of sp³-hybridized carbons (Fsp3) is 0.200. The molecule has 0 saturated heterocycles. The molecule has 1 atom stereocenters. The van der Waals surface area contributed by atoms with E-state index in [9.17, 15) is 9.18 Å². The molecule has 16 heavy (non-hydrogen) atoms. The molecule has 0 saturated carbocycles. The molecule has 1 unspecified atom stereocenters. The van der Waals surface area contributed by atoms with Gasteiger partial charge in [-0.25, -0.2) is 9.37 Å². The number of rotatable bonds is 3. The molecule has 0 aliphatic rings. The van der Waals surface area contributed by atoms with Gasteiger partial charge in [-0.1, -0.05) is 0 Å². The number of aliphatic carboxylic acids is 1. The third-order valence-corrected chi connectivity index (χ3v) is 2.29. The van der Waals surface area contributed by atoms with Crippen LogP contribution >= 0.6 is 0 Å². The van der Waals surface area contributed by atoms with Crippen molar-refractivity contribution in [3.63, 3.8) is 0 Å². The third kappa shape index (κ3) is 1.74. The van der Waals surface area contributed by atoms with Gasteiger partial charge in [0.2, 0.25) is 0 Å². The van der Waals surface area contributed by atoms with E-state index >= 15 is 0 Å². The molecule has 2 heterocycles. The fourth-order valence-electron chi connectivity index (χ4n) is 1.56. The van der Waals surface area contributed by atoms with Crippen molar-refractivity contribution >= 4 is 11.6 Å². The number of carboxylic acids is 1. The van der Waals surface area contributed by atoms with Crippen LogP contribution in [0.3, 0.4) is 0 Å². The molecule has 0 aliphatic heterocycles. The summed E-state index contributed by atoms with van der Waals surface area (Å²) in [7, 11) is 0. The van der Waals surface area contributed by atoms with Crippen molar-refractivity contribution in [2.45, 2.75) is 12.5 Å². The normalized spacial score (nSPS) is 12.9. The number of nitrogens with two attached hydrogens (primary N) is 1. The Bertz CT molecular complexity index is 538. The van der Waals surface area contributed by atoms with Gasteiger partial charge < -0.3 is 15.2 Å². The predicted molar refractivity (Wildman–Crippen MR) is 54.3 cm³/mol. The highest BCUT2D eigenvalue weighted by Gasteiger charge is 2.16. The minimum absolute atomic E-state index is 0.151. The Hall–Kier alpha value is -1.95. The first-order valence-corrected chi connectivity index (χ1v) is 4.68. The average molecular weight is 223 g/mol. The van der Waals surface area contributed by atoms with Gasteiger partial charge in [0.25, 0.3) is 0 Å². The molecule has 0 bridgehead atoms. The van der Waals surface area contributed by atoms with Crippen LogP contribution in [-0.2, 0) is 4.79 Å². The number of carbonyl (C=O) groups is 1. The van der Waals surface area contributed by atoms with Crippen LogP contribution in [0, 0.1) is 5.82 Å². The summed E-state index contributed by atoms with van der Waals surface area (Å²) in [4.78, 5) is 14.4. The second kappa shape index (κ2) is 3.90. The Labute approximate surface area is 90.3 Å². The molecule has 0 radical (unpaired) electrons. The number of hydrogen-bond donors (Lipinski definition) is 2. The van der Waals surface area contributed by atoms with Crippen molar-refractivity contribution in [2.24, 2.45) is 5.73 Å². The predicted octanol–water partition coefficient (Wildman–Crippen LogP) is 0.948. The molecular formula is C10H10FN3O2. The van der Waals surface area contributed by atoms with Crippen molar-refractivity contribution in [1.29, 1.82) is 0 Å². The number of halogens is 1. The standard InChI is InChI=1S/C10H10FN3O2/c11-6-2-1-3-14-8(5-13-10(6)14)7(12)4-9(15)16/h1-3,5,7H,4,12H2,(H,15,16). The van der Waals surface area contributed by atoms with Gasteiger partial charge in [0, 0.05) is 6.20 Å². The first kappa shape index (κ1) is 10.6. The summed E-state index contributed by atoms with van der Waals surface area (Å²) < 4.78 is 14.7. The summed E-state index contributed by atoms with van der Waals surface area (Å²) in [6.45, 7) is 0. The van der Waals surface area contributed by atoms with E-state index in [0.717, 1.165) is 0 Å². The lowest BCUT2D eigenvalue weighted by Gasteiger charge is -2.08. The number of fused-ring (bicyclic) bond motifs is 1. The average Bonchev–Trinajstić information content (AvgIpc) is 2.61. The molecule has 2 aromatic rings. The largest absolute Gasteiger partial charge is 0.481 e. The molecule has 84 valence electrons. The minimum atomic E-state index is -1.00. The lowest BCUT2D eigenvalue weighted by atomic mass is 10.1. The van der Waals surface area contributed by atoms with Crippen LogP contribution < -0.4 is 5.73 Å². The monoisotopic (exact) mass is 223 g/mol. The van der Waals surface area contributed by atoms with Crippen LogP contribution in [0.15, 0.2) is 24.5 Å². The van der Waals surface area contributed by atoms with E-state index in [1.807, 2.05) is 0 Å². The highest BCUT2D eigenvalue weighted by Crippen LogP contribution is 2.17. The quantitative estimate of drug-likeness (QED) is 0.811. The minimum Gasteiger partial charge on any atom is -0.481 e. The van der Waals surface area contributed by atoms with Gasteiger partial charge in [-0.3, -0.25) is 4.79 Å². The van der Waals surface area contributed by atoms with Gasteiger partial charge in [-0.2, -0.15) is 0 Å². The lowest BCUT2D eigenvalue weighted by molar-refractivity contribution is -0.137. The first-order valence-electron chi connectivity index (χ1n) is 4.68. The van der Waals surface area contributed by atoms with Crippen molar-refractivity contribution in [2.75, 3.05) is 0 Å². The van der Waals surface area contributed by atoms with Crippen molar-refractivity contribution in [1.82, 2.24) is 9.38 Å². The number of nitrogens with zero attached hydrogens (tertiary/aromatic N) is 2. The Kier molecular flexibility index (Phi) is 2.57. The van der Waals surface area contributed by atoms with Gasteiger partial charge in [0.05, 0.1) is 24.4 Å². The zero-order chi connectivity index (χ0) is 11.7. The molecule has 0 spiro atoms. The summed E-state index contributed by atoms with van der Waals surface area (Å²) in [5.41, 5.74) is 6.33. The van der Waals surface area contributed by atoms with Gasteiger partial charge >= 0.3 is 5.97 Å². The van der Waals surface area contributed by atoms with Crippen LogP contribution in [0.1, 0.15) is 18.2 Å². The SMILES string of the molecule is NC(CC(=O)O)c1cnc2c(F)cccn12. The van der Waals surface area contributed by atoms with Gasteiger partial charge in [0.15, 0.2) is 11.5 Å². The second-order valence-electron chi connectivity index (χ2n) is 3.44. The van der Waals surface area contributed by atoms with Crippen LogP contribution in [0.4, 0.5) is 4.39 Å². The first-order chi connectivity index (χ1) is 7.59. The Morgan fingerprint density at radius 1 is 1.69 bits per heavy atom. The highest BCUT2D eigenvalue weighted by molar-refractivity contribution is 5.67. The fourth-order valence-corrected chi connectivity index (χ4v) is 1.56. The topological polar surface area (TPSA) is 80.6 Å².